The molecule has 4 aromatic rings. The van der Waals surface area contributed by atoms with Gasteiger partial charge in [-0.1, -0.05) is 31.2 Å². The third kappa shape index (κ3) is 4.72. The number of carbonyl (C=O) groups is 2. The summed E-state index contributed by atoms with van der Waals surface area (Å²) >= 11 is 0. The minimum atomic E-state index is -0.106. The number of Topliss-reactive ketones (excluding diaryl/α,β-unsaturated/α-hetero) is 2. The zero-order chi connectivity index (χ0) is 24.2. The van der Waals surface area contributed by atoms with Gasteiger partial charge in [-0.3, -0.25) is 9.59 Å². The van der Waals surface area contributed by atoms with Crippen molar-refractivity contribution in [3.63, 3.8) is 0 Å². The van der Waals surface area contributed by atoms with Gasteiger partial charge in [-0.05, 0) is 61.2 Å². The van der Waals surface area contributed by atoms with Gasteiger partial charge in [0.25, 0.3) is 0 Å². The van der Waals surface area contributed by atoms with Crippen LogP contribution < -0.4 is 0 Å². The second-order valence-electron chi connectivity index (χ2n) is 8.94. The number of para-hydroxylation sites is 1. The number of nitrogens with zero attached hydrogens (tertiary/aromatic N) is 2. The molecule has 4 rings (SSSR count). The highest BCUT2D eigenvalue weighted by molar-refractivity contribution is 6.11. The van der Waals surface area contributed by atoms with Gasteiger partial charge in [-0.2, -0.15) is 5.26 Å². The van der Waals surface area contributed by atoms with Gasteiger partial charge in [0.2, 0.25) is 0 Å². The standard InChI is InChI=1S/C29H28N2O3/c1-3-31-26-7-5-4-6-24(26)25-17-21(11-12-27(25)31)28(33)13-8-19(2)14-23(32)15-20-9-10-22(18-30)29(34)16-20/h4-7,9-12,16-17,19,34H,3,8,13-15H2,1-2H3. The number of aromatic hydroxyl groups is 1. The Balaban J connectivity index is 1.38. The number of hydrogen-bond donors (Lipinski definition) is 1. The minimum Gasteiger partial charge on any atom is -0.507 e. The summed E-state index contributed by atoms with van der Waals surface area (Å²) in [6, 6.07) is 20.8. The van der Waals surface area contributed by atoms with Crippen molar-refractivity contribution >= 4 is 33.4 Å². The van der Waals surface area contributed by atoms with Gasteiger partial charge in [0.1, 0.15) is 17.6 Å². The largest absolute Gasteiger partial charge is 0.507 e. The van der Waals surface area contributed by atoms with Crippen molar-refractivity contribution in [1.29, 1.82) is 5.26 Å². The highest BCUT2D eigenvalue weighted by Gasteiger charge is 2.16. The van der Waals surface area contributed by atoms with E-state index < -0.39 is 0 Å². The number of aryl methyl sites for hydroxylation is 1. The third-order valence-electron chi connectivity index (χ3n) is 6.43. The summed E-state index contributed by atoms with van der Waals surface area (Å²) in [4.78, 5) is 25.4. The number of rotatable bonds is 9. The molecule has 0 fully saturated rings. The molecule has 1 unspecified atom stereocenters. The Morgan fingerprint density at radius 2 is 1.79 bits per heavy atom. The van der Waals surface area contributed by atoms with Crippen LogP contribution in [0.1, 0.15) is 54.6 Å². The molecule has 0 saturated carbocycles. The van der Waals surface area contributed by atoms with Gasteiger partial charge in [0.05, 0.1) is 5.56 Å². The summed E-state index contributed by atoms with van der Waals surface area (Å²) in [5.41, 5.74) is 3.89. The van der Waals surface area contributed by atoms with Crippen LogP contribution in [0.3, 0.4) is 0 Å². The topological polar surface area (TPSA) is 83.1 Å². The van der Waals surface area contributed by atoms with Crippen LogP contribution in [0.2, 0.25) is 0 Å². The molecule has 0 saturated heterocycles. The highest BCUT2D eigenvalue weighted by atomic mass is 16.3. The first kappa shape index (κ1) is 23.3. The number of hydrogen-bond acceptors (Lipinski definition) is 4. The molecule has 1 N–H and O–H groups in total. The molecule has 0 aliphatic carbocycles. The normalized spacial score (nSPS) is 12.0. The number of nitriles is 1. The van der Waals surface area contributed by atoms with Crippen LogP contribution >= 0.6 is 0 Å². The fourth-order valence-electron chi connectivity index (χ4n) is 4.66. The number of phenols is 1. The molecule has 0 bridgehead atoms. The smallest absolute Gasteiger partial charge is 0.162 e. The molecule has 5 nitrogen and oxygen atoms in total. The first-order valence-corrected chi connectivity index (χ1v) is 11.7. The summed E-state index contributed by atoms with van der Waals surface area (Å²) in [6.45, 7) is 4.97. The van der Waals surface area contributed by atoms with E-state index in [0.29, 0.717) is 30.4 Å². The van der Waals surface area contributed by atoms with Crippen molar-refractivity contribution in [2.45, 2.75) is 46.1 Å². The molecule has 34 heavy (non-hydrogen) atoms. The van der Waals surface area contributed by atoms with E-state index in [-0.39, 0.29) is 35.2 Å². The Kier molecular flexibility index (Phi) is 6.79. The van der Waals surface area contributed by atoms with Crippen LogP contribution in [-0.2, 0) is 17.8 Å². The highest BCUT2D eigenvalue weighted by Crippen LogP contribution is 2.30. The first-order chi connectivity index (χ1) is 16.4. The number of phenolic OH excluding ortho intramolecular Hbond substituents is 1. The van der Waals surface area contributed by atoms with Gasteiger partial charge < -0.3 is 9.67 Å². The fourth-order valence-corrected chi connectivity index (χ4v) is 4.66. The molecule has 0 radical (unpaired) electrons. The Hall–Kier alpha value is -3.91. The van der Waals surface area contributed by atoms with E-state index in [1.807, 2.05) is 43.3 Å². The Morgan fingerprint density at radius 1 is 1.03 bits per heavy atom. The quantitative estimate of drug-likeness (QED) is 0.307. The zero-order valence-electron chi connectivity index (χ0n) is 19.5. The fraction of sp³-hybridized carbons (Fsp3) is 0.276. The molecule has 0 aliphatic heterocycles. The van der Waals surface area contributed by atoms with Crippen LogP contribution in [0, 0.1) is 17.2 Å². The van der Waals surface area contributed by atoms with E-state index >= 15 is 0 Å². The first-order valence-electron chi connectivity index (χ1n) is 11.7. The summed E-state index contributed by atoms with van der Waals surface area (Å²) < 4.78 is 2.26. The monoisotopic (exact) mass is 452 g/mol. The average molecular weight is 453 g/mol. The molecule has 0 spiro atoms. The summed E-state index contributed by atoms with van der Waals surface area (Å²) in [5, 5.41) is 21.0. The van der Waals surface area contributed by atoms with E-state index in [0.717, 1.165) is 22.8 Å². The van der Waals surface area contributed by atoms with E-state index in [9.17, 15) is 14.7 Å². The van der Waals surface area contributed by atoms with Gasteiger partial charge in [0, 0.05) is 53.2 Å². The number of ketones is 2. The third-order valence-corrected chi connectivity index (χ3v) is 6.43. The van der Waals surface area contributed by atoms with E-state index in [4.69, 9.17) is 5.26 Å². The van der Waals surface area contributed by atoms with Crippen molar-refractivity contribution in [3.05, 3.63) is 77.4 Å². The van der Waals surface area contributed by atoms with Crippen LogP contribution in [0.15, 0.2) is 60.7 Å². The molecule has 0 amide bonds. The van der Waals surface area contributed by atoms with Gasteiger partial charge in [0.15, 0.2) is 5.78 Å². The SMILES string of the molecule is CCn1c2ccccc2c2cc(C(=O)CCC(C)CC(=O)Cc3ccc(C#N)c(O)c3)ccc21. The predicted octanol–water partition coefficient (Wildman–Crippen LogP) is 6.19. The maximum Gasteiger partial charge on any atom is 0.162 e. The van der Waals surface area contributed by atoms with Crippen LogP contribution in [0.5, 0.6) is 5.75 Å². The molecule has 172 valence electrons. The van der Waals surface area contributed by atoms with Gasteiger partial charge >= 0.3 is 0 Å². The Labute approximate surface area is 199 Å². The lowest BCUT2D eigenvalue weighted by atomic mass is 9.93. The molecular weight excluding hydrogens is 424 g/mol. The lowest BCUT2D eigenvalue weighted by molar-refractivity contribution is -0.119. The van der Waals surface area contributed by atoms with Crippen molar-refractivity contribution in [2.75, 3.05) is 0 Å². The molecule has 1 aromatic heterocycles. The van der Waals surface area contributed by atoms with Crippen LogP contribution in [0.4, 0.5) is 0 Å². The van der Waals surface area contributed by atoms with Crippen molar-refractivity contribution < 1.29 is 14.7 Å². The average Bonchev–Trinajstić information content (AvgIpc) is 3.15. The Bertz CT molecular complexity index is 1420. The van der Waals surface area contributed by atoms with Gasteiger partial charge in [-0.25, -0.2) is 0 Å². The van der Waals surface area contributed by atoms with Gasteiger partial charge in [-0.15, -0.1) is 0 Å². The number of aromatic nitrogens is 1. The summed E-state index contributed by atoms with van der Waals surface area (Å²) in [5.74, 6) is 0.115. The van der Waals surface area contributed by atoms with Crippen molar-refractivity contribution in [3.8, 4) is 11.8 Å². The number of benzene rings is 3. The van der Waals surface area contributed by atoms with Crippen molar-refractivity contribution in [1.82, 2.24) is 4.57 Å². The van der Waals surface area contributed by atoms with Crippen LogP contribution in [-0.4, -0.2) is 21.2 Å². The minimum absolute atomic E-state index is 0.0536. The summed E-state index contributed by atoms with van der Waals surface area (Å²) in [7, 11) is 0. The lowest BCUT2D eigenvalue weighted by Crippen LogP contribution is -2.10. The maximum atomic E-state index is 12.9. The van der Waals surface area contributed by atoms with E-state index in [1.54, 1.807) is 6.07 Å². The number of fused-ring (bicyclic) bond motifs is 3. The summed E-state index contributed by atoms with van der Waals surface area (Å²) in [6.07, 6.45) is 1.61. The molecule has 0 aliphatic rings. The Morgan fingerprint density at radius 3 is 2.53 bits per heavy atom. The molecule has 1 heterocycles. The van der Waals surface area contributed by atoms with Crippen molar-refractivity contribution in [2.24, 2.45) is 5.92 Å². The second-order valence-corrected chi connectivity index (χ2v) is 8.94. The molecule has 5 heteroatoms. The number of carbonyl (C=O) groups excluding carboxylic acids is 2. The lowest BCUT2D eigenvalue weighted by Gasteiger charge is -2.11. The van der Waals surface area contributed by atoms with E-state index in [2.05, 4.69) is 23.6 Å². The molecule has 3 aromatic carbocycles. The molecular formula is C29H28N2O3. The zero-order valence-corrected chi connectivity index (χ0v) is 19.5. The predicted molar refractivity (Wildman–Crippen MR) is 134 cm³/mol. The second kappa shape index (κ2) is 9.93. The molecule has 1 atom stereocenters. The van der Waals surface area contributed by atoms with Crippen LogP contribution in [0.25, 0.3) is 21.8 Å². The van der Waals surface area contributed by atoms with E-state index in [1.165, 1.54) is 17.6 Å². The maximum absolute atomic E-state index is 12.9.